The Labute approximate surface area is 159 Å². The lowest BCUT2D eigenvalue weighted by atomic mass is 10.2. The summed E-state index contributed by atoms with van der Waals surface area (Å²) in [4.78, 5) is 26.4. The Morgan fingerprint density at radius 3 is 2.88 bits per heavy atom. The highest BCUT2D eigenvalue weighted by Crippen LogP contribution is 2.23. The van der Waals surface area contributed by atoms with E-state index in [1.54, 1.807) is 0 Å². The molecule has 0 atom stereocenters. The molecule has 3 aromatic rings. The third kappa shape index (κ3) is 3.99. The molecule has 7 heteroatoms. The first-order valence-electron chi connectivity index (χ1n) is 7.75. The van der Waals surface area contributed by atoms with Gasteiger partial charge in [0.2, 0.25) is 0 Å². The quantitative estimate of drug-likeness (QED) is 0.292. The molecule has 0 aliphatic heterocycles. The maximum atomic E-state index is 12.3. The lowest BCUT2D eigenvalue weighted by Gasteiger charge is -2.21. The lowest BCUT2D eigenvalue weighted by molar-refractivity contribution is -0.123. The number of hydrogen-bond acceptors (Lipinski definition) is 5. The highest BCUT2D eigenvalue weighted by atomic mass is 79.9. The second-order valence-corrected chi connectivity index (χ2v) is 5.77. The number of terminal acetylenes is 1. The minimum Gasteiger partial charge on any atom is -0.361 e. The number of carbonyl (C=O) groups is 1. The monoisotopic (exact) mass is 410 g/mol. The number of benzene rings is 2. The summed E-state index contributed by atoms with van der Waals surface area (Å²) in [6.07, 6.45) is 6.80. The summed E-state index contributed by atoms with van der Waals surface area (Å²) in [6, 6.07) is 14.8. The van der Waals surface area contributed by atoms with Crippen LogP contribution in [0, 0.1) is 12.3 Å². The van der Waals surface area contributed by atoms with Crippen molar-refractivity contribution in [1.29, 1.82) is 0 Å². The Kier molecular flexibility index (Phi) is 5.79. The minimum absolute atomic E-state index is 0.0606. The topological polar surface area (TPSA) is 67.3 Å². The van der Waals surface area contributed by atoms with Crippen LogP contribution in [0.25, 0.3) is 10.9 Å². The standard InChI is InChI=1S/C19H15BrN4O2/c1-2-14-6-5-7-15(10-14)23-13-26-24(18(25)11-20)19-16-8-3-4-9-17(16)21-12-22-19/h1,3-10,12,23H,11,13H2. The SMILES string of the molecule is C#Cc1cccc(NCON(C(=O)CBr)c2ncnc3ccccc23)c1. The van der Waals surface area contributed by atoms with Gasteiger partial charge in [-0.15, -0.1) is 6.42 Å². The molecule has 0 unspecified atom stereocenters. The molecule has 1 amide bonds. The maximum Gasteiger partial charge on any atom is 0.263 e. The second-order valence-electron chi connectivity index (χ2n) is 5.21. The fourth-order valence-corrected chi connectivity index (χ4v) is 2.58. The van der Waals surface area contributed by atoms with Crippen LogP contribution < -0.4 is 10.4 Å². The van der Waals surface area contributed by atoms with Crippen LogP contribution in [0.3, 0.4) is 0 Å². The molecule has 0 saturated carbocycles. The number of anilines is 2. The maximum absolute atomic E-state index is 12.3. The predicted octanol–water partition coefficient (Wildman–Crippen LogP) is 3.34. The van der Waals surface area contributed by atoms with Crippen molar-refractivity contribution in [2.75, 3.05) is 22.4 Å². The Hall–Kier alpha value is -2.95. The molecular weight excluding hydrogens is 396 g/mol. The minimum atomic E-state index is -0.284. The van der Waals surface area contributed by atoms with Gasteiger partial charge in [-0.3, -0.25) is 4.79 Å². The van der Waals surface area contributed by atoms with Crippen molar-refractivity contribution < 1.29 is 9.63 Å². The van der Waals surface area contributed by atoms with Gasteiger partial charge in [0.1, 0.15) is 13.1 Å². The first-order chi connectivity index (χ1) is 12.7. The van der Waals surface area contributed by atoms with E-state index in [-0.39, 0.29) is 18.0 Å². The zero-order valence-corrected chi connectivity index (χ0v) is 15.3. The van der Waals surface area contributed by atoms with E-state index in [2.05, 4.69) is 37.1 Å². The van der Waals surface area contributed by atoms with E-state index < -0.39 is 0 Å². The van der Waals surface area contributed by atoms with Gasteiger partial charge in [-0.1, -0.05) is 40.0 Å². The molecule has 6 nitrogen and oxygen atoms in total. The normalized spacial score (nSPS) is 10.3. The number of amides is 1. The molecule has 0 spiro atoms. The van der Waals surface area contributed by atoms with Crippen molar-refractivity contribution in [3.05, 3.63) is 60.4 Å². The van der Waals surface area contributed by atoms with E-state index in [1.807, 2.05) is 48.5 Å². The number of rotatable bonds is 6. The van der Waals surface area contributed by atoms with Gasteiger partial charge in [0.15, 0.2) is 5.82 Å². The zero-order chi connectivity index (χ0) is 18.4. The third-order valence-electron chi connectivity index (χ3n) is 3.55. The zero-order valence-electron chi connectivity index (χ0n) is 13.7. The number of halogens is 1. The van der Waals surface area contributed by atoms with E-state index in [1.165, 1.54) is 6.33 Å². The van der Waals surface area contributed by atoms with Crippen molar-refractivity contribution in [2.45, 2.75) is 0 Å². The number of hydrogen-bond donors (Lipinski definition) is 1. The van der Waals surface area contributed by atoms with Crippen molar-refractivity contribution >= 4 is 44.2 Å². The molecule has 0 bridgehead atoms. The highest BCUT2D eigenvalue weighted by molar-refractivity contribution is 9.09. The van der Waals surface area contributed by atoms with E-state index >= 15 is 0 Å². The average molecular weight is 411 g/mol. The molecule has 1 N–H and O–H groups in total. The summed E-state index contributed by atoms with van der Waals surface area (Å²) >= 11 is 3.18. The second kappa shape index (κ2) is 8.43. The number of carbonyl (C=O) groups excluding carboxylic acids is 1. The van der Waals surface area contributed by atoms with Crippen LogP contribution in [0.1, 0.15) is 5.56 Å². The number of hydroxylamine groups is 1. The van der Waals surface area contributed by atoms with E-state index in [0.29, 0.717) is 5.82 Å². The highest BCUT2D eigenvalue weighted by Gasteiger charge is 2.20. The number of alkyl halides is 1. The van der Waals surface area contributed by atoms with Crippen molar-refractivity contribution in [2.24, 2.45) is 0 Å². The summed E-state index contributed by atoms with van der Waals surface area (Å²) in [5.41, 5.74) is 2.27. The summed E-state index contributed by atoms with van der Waals surface area (Å²) in [5, 5.41) is 5.06. The summed E-state index contributed by atoms with van der Waals surface area (Å²) in [7, 11) is 0. The number of para-hydroxylation sites is 1. The Balaban J connectivity index is 1.80. The van der Waals surface area contributed by atoms with Crippen molar-refractivity contribution in [3.63, 3.8) is 0 Å². The van der Waals surface area contributed by atoms with E-state index in [0.717, 1.165) is 27.2 Å². The number of fused-ring (bicyclic) bond motifs is 1. The van der Waals surface area contributed by atoms with Crippen LogP contribution in [0.5, 0.6) is 0 Å². The van der Waals surface area contributed by atoms with Gasteiger partial charge in [0.05, 0.1) is 10.8 Å². The van der Waals surface area contributed by atoms with Crippen LogP contribution in [0.2, 0.25) is 0 Å². The number of nitrogens with zero attached hydrogens (tertiary/aromatic N) is 3. The van der Waals surface area contributed by atoms with Gasteiger partial charge >= 0.3 is 0 Å². The van der Waals surface area contributed by atoms with Gasteiger partial charge in [0.25, 0.3) is 5.91 Å². The van der Waals surface area contributed by atoms with Gasteiger partial charge in [-0.25, -0.2) is 14.8 Å². The molecule has 26 heavy (non-hydrogen) atoms. The van der Waals surface area contributed by atoms with Gasteiger partial charge < -0.3 is 5.32 Å². The lowest BCUT2D eigenvalue weighted by Crippen LogP contribution is -2.34. The molecule has 2 aromatic carbocycles. The fraction of sp³-hybridized carbons (Fsp3) is 0.105. The average Bonchev–Trinajstić information content (AvgIpc) is 2.70. The summed E-state index contributed by atoms with van der Waals surface area (Å²) < 4.78 is 0. The van der Waals surface area contributed by atoms with Gasteiger partial charge in [0, 0.05) is 16.6 Å². The smallest absolute Gasteiger partial charge is 0.263 e. The molecule has 0 fully saturated rings. The van der Waals surface area contributed by atoms with Crippen LogP contribution in [-0.4, -0.2) is 27.9 Å². The molecule has 0 saturated heterocycles. The summed E-state index contributed by atoms with van der Waals surface area (Å²) in [5.74, 6) is 2.68. The molecular formula is C19H15BrN4O2. The molecule has 3 rings (SSSR count). The summed E-state index contributed by atoms with van der Waals surface area (Å²) in [6.45, 7) is 0.0606. The third-order valence-corrected chi connectivity index (χ3v) is 4.03. The molecule has 1 aromatic heterocycles. The van der Waals surface area contributed by atoms with E-state index in [9.17, 15) is 4.79 Å². The number of nitrogens with one attached hydrogen (secondary N) is 1. The first-order valence-corrected chi connectivity index (χ1v) is 8.87. The molecule has 0 aliphatic carbocycles. The van der Waals surface area contributed by atoms with E-state index in [4.69, 9.17) is 11.3 Å². The Morgan fingerprint density at radius 2 is 2.08 bits per heavy atom. The Bertz CT molecular complexity index is 966. The van der Waals surface area contributed by atoms with Crippen LogP contribution >= 0.6 is 15.9 Å². The molecule has 130 valence electrons. The fourth-order valence-electron chi connectivity index (χ4n) is 2.36. The first kappa shape index (κ1) is 17.9. The van der Waals surface area contributed by atoms with Crippen LogP contribution in [0.15, 0.2) is 54.9 Å². The Morgan fingerprint density at radius 1 is 1.23 bits per heavy atom. The van der Waals surface area contributed by atoms with Crippen LogP contribution in [0.4, 0.5) is 11.5 Å². The van der Waals surface area contributed by atoms with Gasteiger partial charge in [-0.2, -0.15) is 5.06 Å². The van der Waals surface area contributed by atoms with Crippen molar-refractivity contribution in [3.8, 4) is 12.3 Å². The van der Waals surface area contributed by atoms with Gasteiger partial charge in [-0.05, 0) is 30.3 Å². The predicted molar refractivity (Wildman–Crippen MR) is 105 cm³/mol. The molecule has 0 aliphatic rings. The molecule has 0 radical (unpaired) electrons. The van der Waals surface area contributed by atoms with Crippen LogP contribution in [-0.2, 0) is 9.63 Å². The molecule has 1 heterocycles. The number of aromatic nitrogens is 2. The largest absolute Gasteiger partial charge is 0.361 e. The van der Waals surface area contributed by atoms with Crippen molar-refractivity contribution in [1.82, 2.24) is 9.97 Å².